The fourth-order valence-corrected chi connectivity index (χ4v) is 1.88. The van der Waals surface area contributed by atoms with Crippen LogP contribution in [0.5, 0.6) is 0 Å². The van der Waals surface area contributed by atoms with Gasteiger partial charge in [-0.05, 0) is 24.3 Å². The van der Waals surface area contributed by atoms with Crippen molar-refractivity contribution in [2.75, 3.05) is 0 Å². The van der Waals surface area contributed by atoms with Crippen molar-refractivity contribution in [3.8, 4) is 17.3 Å². The third kappa shape index (κ3) is 1.64. The summed E-state index contributed by atoms with van der Waals surface area (Å²) in [5, 5.41) is 12.6. The smallest absolute Gasteiger partial charge is 0.177 e. The molecule has 4 nitrogen and oxygen atoms in total. The minimum Gasteiger partial charge on any atom is -0.215 e. The third-order valence-corrected chi connectivity index (χ3v) is 2.78. The first-order chi connectivity index (χ1) is 9.22. The Labute approximate surface area is 106 Å². The van der Waals surface area contributed by atoms with E-state index >= 15 is 0 Å². The molecule has 0 fully saturated rings. The van der Waals surface area contributed by atoms with Crippen LogP contribution in [0.25, 0.3) is 16.9 Å². The molecule has 2 aromatic heterocycles. The molecule has 19 heavy (non-hydrogen) atoms. The van der Waals surface area contributed by atoms with Gasteiger partial charge in [-0.15, -0.1) is 0 Å². The Hall–Kier alpha value is -2.81. The van der Waals surface area contributed by atoms with Gasteiger partial charge in [0.25, 0.3) is 0 Å². The lowest BCUT2D eigenvalue weighted by Crippen LogP contribution is -1.99. The summed E-state index contributed by atoms with van der Waals surface area (Å²) in [4.78, 5) is 3.97. The zero-order chi connectivity index (χ0) is 13.4. The zero-order valence-corrected chi connectivity index (χ0v) is 9.51. The maximum Gasteiger partial charge on any atom is 0.177 e. The Morgan fingerprint density at radius 1 is 1.11 bits per heavy atom. The molecule has 3 aromatic rings. The minimum atomic E-state index is -1.16. The van der Waals surface area contributed by atoms with Crippen molar-refractivity contribution >= 4 is 5.65 Å². The van der Waals surface area contributed by atoms with E-state index in [1.807, 2.05) is 0 Å². The second-order valence-corrected chi connectivity index (χ2v) is 3.84. The second kappa shape index (κ2) is 4.14. The maximum absolute atomic E-state index is 14.0. The summed E-state index contributed by atoms with van der Waals surface area (Å²) in [6.07, 6.45) is 1.33. The first-order valence-electron chi connectivity index (χ1n) is 5.39. The zero-order valence-electron chi connectivity index (χ0n) is 9.51. The Bertz CT molecular complexity index is 817. The topological polar surface area (TPSA) is 54.0 Å². The van der Waals surface area contributed by atoms with Crippen LogP contribution in [-0.2, 0) is 0 Å². The Morgan fingerprint density at radius 2 is 1.95 bits per heavy atom. The second-order valence-electron chi connectivity index (χ2n) is 3.84. The molecule has 0 aliphatic rings. The molecule has 0 bridgehead atoms. The van der Waals surface area contributed by atoms with E-state index in [2.05, 4.69) is 10.1 Å². The highest BCUT2D eigenvalue weighted by atomic mass is 19.2. The van der Waals surface area contributed by atoms with Gasteiger partial charge >= 0.3 is 0 Å². The van der Waals surface area contributed by atoms with E-state index in [1.54, 1.807) is 24.3 Å². The van der Waals surface area contributed by atoms with Crippen molar-refractivity contribution in [1.29, 1.82) is 5.26 Å². The van der Waals surface area contributed by atoms with Crippen LogP contribution in [0.2, 0.25) is 0 Å². The van der Waals surface area contributed by atoms with Crippen LogP contribution in [0.3, 0.4) is 0 Å². The predicted molar refractivity (Wildman–Crippen MR) is 63.1 cm³/mol. The average molecular weight is 256 g/mol. The standard InChI is InChI=1S/C13H6F2N4/c14-12-8(6-16)4-5-9(13(12)15)10-2-1-3-11-17-7-18-19(10)11/h1-5,7H. The molecular weight excluding hydrogens is 250 g/mol. The fraction of sp³-hybridized carbons (Fsp3) is 0. The minimum absolute atomic E-state index is 0.0348. The molecule has 0 N–H and O–H groups in total. The van der Waals surface area contributed by atoms with Crippen molar-refractivity contribution in [2.45, 2.75) is 0 Å². The molecule has 0 unspecified atom stereocenters. The monoisotopic (exact) mass is 256 g/mol. The van der Waals surface area contributed by atoms with Gasteiger partial charge in [-0.25, -0.2) is 18.3 Å². The van der Waals surface area contributed by atoms with E-state index in [0.717, 1.165) is 0 Å². The highest BCUT2D eigenvalue weighted by Crippen LogP contribution is 2.26. The lowest BCUT2D eigenvalue weighted by atomic mass is 10.1. The molecule has 0 aliphatic heterocycles. The van der Waals surface area contributed by atoms with E-state index < -0.39 is 11.6 Å². The lowest BCUT2D eigenvalue weighted by Gasteiger charge is -2.06. The number of hydrogen-bond donors (Lipinski definition) is 0. The Kier molecular flexibility index (Phi) is 2.46. The van der Waals surface area contributed by atoms with Crippen LogP contribution in [0.4, 0.5) is 8.78 Å². The number of benzene rings is 1. The molecule has 0 aliphatic carbocycles. The number of nitriles is 1. The Balaban J connectivity index is 2.31. The van der Waals surface area contributed by atoms with Gasteiger partial charge < -0.3 is 0 Å². The molecule has 6 heteroatoms. The van der Waals surface area contributed by atoms with Crippen molar-refractivity contribution in [3.05, 3.63) is 53.9 Å². The quantitative estimate of drug-likeness (QED) is 0.672. The molecule has 0 spiro atoms. The van der Waals surface area contributed by atoms with Gasteiger partial charge in [0.2, 0.25) is 0 Å². The van der Waals surface area contributed by atoms with E-state index in [-0.39, 0.29) is 11.1 Å². The number of hydrogen-bond acceptors (Lipinski definition) is 3. The van der Waals surface area contributed by atoms with E-state index in [0.29, 0.717) is 11.3 Å². The molecule has 0 amide bonds. The number of fused-ring (bicyclic) bond motifs is 1. The first-order valence-corrected chi connectivity index (χ1v) is 5.39. The normalized spacial score (nSPS) is 10.6. The van der Waals surface area contributed by atoms with Gasteiger partial charge in [-0.2, -0.15) is 10.4 Å². The van der Waals surface area contributed by atoms with Crippen LogP contribution in [0.15, 0.2) is 36.7 Å². The molecule has 0 radical (unpaired) electrons. The molecule has 92 valence electrons. The third-order valence-electron chi connectivity index (χ3n) is 2.78. The highest BCUT2D eigenvalue weighted by molar-refractivity contribution is 5.64. The number of halogens is 2. The number of pyridine rings is 1. The number of aromatic nitrogens is 3. The first kappa shape index (κ1) is 11.3. The molecule has 3 rings (SSSR count). The molecule has 0 atom stereocenters. The summed E-state index contributed by atoms with van der Waals surface area (Å²) in [6.45, 7) is 0. The Morgan fingerprint density at radius 3 is 2.74 bits per heavy atom. The SMILES string of the molecule is N#Cc1ccc(-c2cccc3ncnn23)c(F)c1F. The van der Waals surface area contributed by atoms with Gasteiger partial charge in [0, 0.05) is 5.56 Å². The summed E-state index contributed by atoms with van der Waals surface area (Å²) in [7, 11) is 0. The largest absolute Gasteiger partial charge is 0.215 e. The van der Waals surface area contributed by atoms with Crippen LogP contribution in [0.1, 0.15) is 5.56 Å². The molecular formula is C13H6F2N4. The predicted octanol–water partition coefficient (Wildman–Crippen LogP) is 2.55. The van der Waals surface area contributed by atoms with Crippen molar-refractivity contribution in [3.63, 3.8) is 0 Å². The van der Waals surface area contributed by atoms with E-state index in [1.165, 1.54) is 23.0 Å². The number of rotatable bonds is 1. The van der Waals surface area contributed by atoms with Crippen LogP contribution in [-0.4, -0.2) is 14.6 Å². The maximum atomic E-state index is 14.0. The molecule has 0 saturated heterocycles. The van der Waals surface area contributed by atoms with Gasteiger partial charge in [0.1, 0.15) is 12.4 Å². The van der Waals surface area contributed by atoms with Gasteiger partial charge in [0.15, 0.2) is 17.3 Å². The van der Waals surface area contributed by atoms with E-state index in [9.17, 15) is 8.78 Å². The van der Waals surface area contributed by atoms with E-state index in [4.69, 9.17) is 5.26 Å². The molecule has 0 saturated carbocycles. The van der Waals surface area contributed by atoms with Crippen molar-refractivity contribution < 1.29 is 8.78 Å². The fourth-order valence-electron chi connectivity index (χ4n) is 1.88. The summed E-state index contributed by atoms with van der Waals surface area (Å²) >= 11 is 0. The van der Waals surface area contributed by atoms with Gasteiger partial charge in [0.05, 0.1) is 11.3 Å². The van der Waals surface area contributed by atoms with Gasteiger partial charge in [-0.3, -0.25) is 0 Å². The summed E-state index contributed by atoms with van der Waals surface area (Å²) in [6, 6.07) is 9.17. The molecule has 2 heterocycles. The van der Waals surface area contributed by atoms with Crippen molar-refractivity contribution in [1.82, 2.24) is 14.6 Å². The van der Waals surface area contributed by atoms with Crippen LogP contribution < -0.4 is 0 Å². The molecule has 1 aromatic carbocycles. The lowest BCUT2D eigenvalue weighted by molar-refractivity contribution is 0.508. The van der Waals surface area contributed by atoms with Crippen LogP contribution >= 0.6 is 0 Å². The van der Waals surface area contributed by atoms with Crippen LogP contribution in [0, 0.1) is 23.0 Å². The van der Waals surface area contributed by atoms with Gasteiger partial charge in [-0.1, -0.05) is 6.07 Å². The number of nitrogens with zero attached hydrogens (tertiary/aromatic N) is 4. The van der Waals surface area contributed by atoms with Crippen molar-refractivity contribution in [2.24, 2.45) is 0 Å². The summed E-state index contributed by atoms with van der Waals surface area (Å²) in [5.74, 6) is -2.22. The average Bonchev–Trinajstić information content (AvgIpc) is 2.90. The summed E-state index contributed by atoms with van der Waals surface area (Å²) in [5.41, 5.74) is 0.608. The highest BCUT2D eigenvalue weighted by Gasteiger charge is 2.16. The summed E-state index contributed by atoms with van der Waals surface area (Å²) < 4.78 is 29.0.